The lowest BCUT2D eigenvalue weighted by Gasteiger charge is -2.33. The summed E-state index contributed by atoms with van der Waals surface area (Å²) in [6.07, 6.45) is 5.75. The van der Waals surface area contributed by atoms with Crippen molar-refractivity contribution >= 4 is 5.91 Å². The number of methoxy groups -OCH3 is 1. The van der Waals surface area contributed by atoms with Gasteiger partial charge >= 0.3 is 0 Å². The Bertz CT molecular complexity index is 325. The Morgan fingerprint density at radius 3 is 2.62 bits per heavy atom. The number of ether oxygens (including phenoxy) is 1. The molecule has 4 heteroatoms. The van der Waals surface area contributed by atoms with Gasteiger partial charge in [0.1, 0.15) is 0 Å². The van der Waals surface area contributed by atoms with Crippen molar-refractivity contribution in [3.05, 3.63) is 0 Å². The molecule has 2 rings (SSSR count). The van der Waals surface area contributed by atoms with Crippen LogP contribution in [0.5, 0.6) is 0 Å². The molecular formula is C17H32N2O2. The van der Waals surface area contributed by atoms with Gasteiger partial charge in [-0.15, -0.1) is 0 Å². The van der Waals surface area contributed by atoms with Gasteiger partial charge in [0.25, 0.3) is 0 Å². The summed E-state index contributed by atoms with van der Waals surface area (Å²) in [4.78, 5) is 14.8. The van der Waals surface area contributed by atoms with E-state index in [9.17, 15) is 4.79 Å². The summed E-state index contributed by atoms with van der Waals surface area (Å²) in [6.45, 7) is 8.04. The number of carbonyl (C=O) groups excluding carboxylic acids is 1. The standard InChI is InChI=1S/C17H32N2O2/c1-13(16-5-4-8-18-12-16)11-17(20)19(9-10-21-3)14(2)15-6-7-15/h13-16,18H,4-12H2,1-3H3. The average molecular weight is 296 g/mol. The van der Waals surface area contributed by atoms with Crippen LogP contribution >= 0.6 is 0 Å². The minimum absolute atomic E-state index is 0.324. The largest absolute Gasteiger partial charge is 0.383 e. The predicted molar refractivity (Wildman–Crippen MR) is 85.1 cm³/mol. The van der Waals surface area contributed by atoms with Crippen LogP contribution in [0.3, 0.4) is 0 Å². The zero-order valence-corrected chi connectivity index (χ0v) is 13.9. The summed E-state index contributed by atoms with van der Waals surface area (Å²) in [6, 6.07) is 0.379. The van der Waals surface area contributed by atoms with Gasteiger partial charge in [0, 0.05) is 26.1 Å². The predicted octanol–water partition coefficient (Wildman–Crippen LogP) is 2.29. The molecule has 4 nitrogen and oxygen atoms in total. The highest BCUT2D eigenvalue weighted by molar-refractivity contribution is 5.76. The normalized spacial score (nSPS) is 25.4. The van der Waals surface area contributed by atoms with Crippen LogP contribution in [-0.2, 0) is 9.53 Å². The number of nitrogens with zero attached hydrogens (tertiary/aromatic N) is 1. The molecular weight excluding hydrogens is 264 g/mol. The molecule has 0 radical (unpaired) electrons. The number of piperidine rings is 1. The zero-order valence-electron chi connectivity index (χ0n) is 13.9. The van der Waals surface area contributed by atoms with Crippen LogP contribution in [0.4, 0.5) is 0 Å². The number of amides is 1. The van der Waals surface area contributed by atoms with E-state index in [4.69, 9.17) is 4.74 Å². The van der Waals surface area contributed by atoms with Gasteiger partial charge in [-0.1, -0.05) is 6.92 Å². The second-order valence-corrected chi connectivity index (χ2v) is 6.95. The van der Waals surface area contributed by atoms with E-state index in [1.165, 1.54) is 25.7 Å². The Morgan fingerprint density at radius 1 is 1.29 bits per heavy atom. The van der Waals surface area contributed by atoms with E-state index < -0.39 is 0 Å². The highest BCUT2D eigenvalue weighted by atomic mass is 16.5. The highest BCUT2D eigenvalue weighted by Gasteiger charge is 2.34. The van der Waals surface area contributed by atoms with Gasteiger partial charge in [0.05, 0.1) is 6.61 Å². The fourth-order valence-corrected chi connectivity index (χ4v) is 3.50. The number of rotatable bonds is 8. The average Bonchev–Trinajstić information content (AvgIpc) is 3.33. The summed E-state index contributed by atoms with van der Waals surface area (Å²) in [5.41, 5.74) is 0. The molecule has 1 saturated carbocycles. The van der Waals surface area contributed by atoms with Crippen molar-refractivity contribution in [3.63, 3.8) is 0 Å². The monoisotopic (exact) mass is 296 g/mol. The van der Waals surface area contributed by atoms with E-state index in [2.05, 4.69) is 24.1 Å². The van der Waals surface area contributed by atoms with Crippen molar-refractivity contribution in [2.45, 2.75) is 52.0 Å². The molecule has 1 aliphatic heterocycles. The third-order valence-corrected chi connectivity index (χ3v) is 5.29. The summed E-state index contributed by atoms with van der Waals surface area (Å²) in [7, 11) is 1.71. The van der Waals surface area contributed by atoms with Crippen molar-refractivity contribution in [1.29, 1.82) is 0 Å². The molecule has 2 aliphatic rings. The van der Waals surface area contributed by atoms with Crippen LogP contribution in [0, 0.1) is 17.8 Å². The maximum absolute atomic E-state index is 12.7. The summed E-state index contributed by atoms with van der Waals surface area (Å²) in [5, 5.41) is 3.46. The van der Waals surface area contributed by atoms with Crippen LogP contribution in [-0.4, -0.2) is 50.2 Å². The molecule has 1 amide bonds. The molecule has 1 saturated heterocycles. The highest BCUT2D eigenvalue weighted by Crippen LogP contribution is 2.35. The fraction of sp³-hybridized carbons (Fsp3) is 0.941. The minimum atomic E-state index is 0.324. The zero-order chi connectivity index (χ0) is 15.2. The first-order valence-electron chi connectivity index (χ1n) is 8.62. The van der Waals surface area contributed by atoms with Crippen molar-refractivity contribution in [2.24, 2.45) is 17.8 Å². The Kier molecular flexibility index (Phi) is 6.49. The van der Waals surface area contributed by atoms with Gasteiger partial charge in [0.15, 0.2) is 0 Å². The van der Waals surface area contributed by atoms with Gasteiger partial charge in [-0.25, -0.2) is 0 Å². The molecule has 0 spiro atoms. The topological polar surface area (TPSA) is 41.6 Å². The number of hydrogen-bond donors (Lipinski definition) is 1. The first-order chi connectivity index (χ1) is 10.1. The van der Waals surface area contributed by atoms with Crippen LogP contribution in [0.25, 0.3) is 0 Å². The van der Waals surface area contributed by atoms with Crippen LogP contribution in [0.15, 0.2) is 0 Å². The van der Waals surface area contributed by atoms with Crippen molar-refractivity contribution in [3.8, 4) is 0 Å². The maximum Gasteiger partial charge on any atom is 0.223 e. The van der Waals surface area contributed by atoms with Crippen LogP contribution in [0.2, 0.25) is 0 Å². The van der Waals surface area contributed by atoms with Crippen LogP contribution in [0.1, 0.15) is 46.0 Å². The third kappa shape index (κ3) is 4.96. The molecule has 0 aromatic heterocycles. The van der Waals surface area contributed by atoms with E-state index in [1.54, 1.807) is 7.11 Å². The summed E-state index contributed by atoms with van der Waals surface area (Å²) >= 11 is 0. The van der Waals surface area contributed by atoms with E-state index in [1.807, 2.05) is 0 Å². The van der Waals surface area contributed by atoms with E-state index in [-0.39, 0.29) is 0 Å². The molecule has 3 unspecified atom stereocenters. The Hall–Kier alpha value is -0.610. The molecule has 2 fully saturated rings. The fourth-order valence-electron chi connectivity index (χ4n) is 3.50. The Balaban J connectivity index is 1.86. The SMILES string of the molecule is COCCN(C(=O)CC(C)C1CCCNC1)C(C)C1CC1. The molecule has 3 atom stereocenters. The molecule has 0 aromatic rings. The smallest absolute Gasteiger partial charge is 0.223 e. The molecule has 21 heavy (non-hydrogen) atoms. The van der Waals surface area contributed by atoms with E-state index in [0.29, 0.717) is 36.8 Å². The van der Waals surface area contributed by atoms with E-state index >= 15 is 0 Å². The van der Waals surface area contributed by atoms with Crippen molar-refractivity contribution in [2.75, 3.05) is 33.4 Å². The van der Waals surface area contributed by atoms with Gasteiger partial charge in [-0.3, -0.25) is 4.79 Å². The lowest BCUT2D eigenvalue weighted by atomic mass is 9.85. The van der Waals surface area contributed by atoms with Gasteiger partial charge in [0.2, 0.25) is 5.91 Å². The number of nitrogens with one attached hydrogen (secondary N) is 1. The lowest BCUT2D eigenvalue weighted by molar-refractivity contribution is -0.135. The molecule has 0 aromatic carbocycles. The van der Waals surface area contributed by atoms with Crippen molar-refractivity contribution < 1.29 is 9.53 Å². The van der Waals surface area contributed by atoms with Crippen LogP contribution < -0.4 is 5.32 Å². The van der Waals surface area contributed by atoms with Gasteiger partial charge in [-0.2, -0.15) is 0 Å². The Labute approximate surface area is 129 Å². The number of carbonyl (C=O) groups is 1. The summed E-state index contributed by atoms with van der Waals surface area (Å²) in [5.74, 6) is 2.17. The van der Waals surface area contributed by atoms with Crippen molar-refractivity contribution in [1.82, 2.24) is 10.2 Å². The Morgan fingerprint density at radius 2 is 2.05 bits per heavy atom. The second-order valence-electron chi connectivity index (χ2n) is 6.95. The number of hydrogen-bond acceptors (Lipinski definition) is 3. The molecule has 1 heterocycles. The summed E-state index contributed by atoms with van der Waals surface area (Å²) < 4.78 is 5.19. The van der Waals surface area contributed by atoms with Gasteiger partial charge in [-0.05, 0) is 63.5 Å². The van der Waals surface area contributed by atoms with E-state index in [0.717, 1.165) is 25.6 Å². The first-order valence-corrected chi connectivity index (χ1v) is 8.62. The van der Waals surface area contributed by atoms with Gasteiger partial charge < -0.3 is 15.0 Å². The quantitative estimate of drug-likeness (QED) is 0.747. The minimum Gasteiger partial charge on any atom is -0.383 e. The maximum atomic E-state index is 12.7. The second kappa shape index (κ2) is 8.14. The first kappa shape index (κ1) is 16.8. The molecule has 1 N–H and O–H groups in total. The molecule has 122 valence electrons. The lowest BCUT2D eigenvalue weighted by Crippen LogP contribution is -2.43. The third-order valence-electron chi connectivity index (χ3n) is 5.29. The molecule has 0 bridgehead atoms. The molecule has 1 aliphatic carbocycles.